The Bertz CT molecular complexity index is 249. The van der Waals surface area contributed by atoms with Crippen molar-refractivity contribution < 1.29 is 0 Å². The summed E-state index contributed by atoms with van der Waals surface area (Å²) < 4.78 is 0. The highest BCUT2D eigenvalue weighted by Gasteiger charge is 2.45. The Kier molecular flexibility index (Phi) is 5.77. The van der Waals surface area contributed by atoms with Crippen LogP contribution in [0.1, 0.15) is 96.8 Å². The lowest BCUT2D eigenvalue weighted by atomic mass is 9.90. The second-order valence-electron chi connectivity index (χ2n) is 7.81. The van der Waals surface area contributed by atoms with Gasteiger partial charge in [0.2, 0.25) is 0 Å². The first-order valence-corrected chi connectivity index (χ1v) is 11.0. The lowest BCUT2D eigenvalue weighted by molar-refractivity contribution is 0.385. The van der Waals surface area contributed by atoms with Gasteiger partial charge in [0, 0.05) is 0 Å². The van der Waals surface area contributed by atoms with Crippen molar-refractivity contribution in [3.63, 3.8) is 0 Å². The van der Waals surface area contributed by atoms with Gasteiger partial charge in [-0.05, 0) is 93.9 Å². The van der Waals surface area contributed by atoms with Gasteiger partial charge in [-0.3, -0.25) is 0 Å². The zero-order valence-corrected chi connectivity index (χ0v) is 14.4. The van der Waals surface area contributed by atoms with E-state index < -0.39 is 0 Å². The van der Waals surface area contributed by atoms with Gasteiger partial charge in [-0.15, -0.1) is 0 Å². The summed E-state index contributed by atoms with van der Waals surface area (Å²) in [6.07, 6.45) is 21.8. The molecule has 0 unspecified atom stereocenters. The number of hydrogen-bond acceptors (Lipinski definition) is 0. The van der Waals surface area contributed by atoms with E-state index >= 15 is 0 Å². The number of rotatable bonds is 3. The fourth-order valence-electron chi connectivity index (χ4n) is 4.99. The Morgan fingerprint density at radius 1 is 0.500 bits per heavy atom. The molecule has 0 spiro atoms. The first-order valence-electron chi connectivity index (χ1n) is 9.55. The molecule has 0 radical (unpaired) electrons. The molecule has 0 aromatic heterocycles. The van der Waals surface area contributed by atoms with E-state index in [-0.39, 0.29) is 0 Å². The molecule has 1 heteroatoms. The van der Waals surface area contributed by atoms with Gasteiger partial charge in [0.1, 0.15) is 15.7 Å². The molecule has 0 saturated heterocycles. The molecule has 0 nitrogen and oxygen atoms in total. The van der Waals surface area contributed by atoms with E-state index in [1.807, 2.05) is 0 Å². The van der Waals surface area contributed by atoms with Crippen LogP contribution in [0, 0.1) is 5.92 Å². The average Bonchev–Trinajstić information content (AvgIpc) is 2.52. The molecule has 0 heterocycles. The Morgan fingerprint density at radius 3 is 1.35 bits per heavy atom. The molecule has 3 saturated carbocycles. The molecule has 3 fully saturated rings. The third-order valence-electron chi connectivity index (χ3n) is 6.22. The van der Waals surface area contributed by atoms with Crippen LogP contribution in [-0.2, 0) is 10.9 Å². The van der Waals surface area contributed by atoms with Gasteiger partial charge in [0.05, 0.1) is 0 Å². The molecule has 20 heavy (non-hydrogen) atoms. The molecule has 3 aliphatic carbocycles. The zero-order chi connectivity index (χ0) is 13.8. The summed E-state index contributed by atoms with van der Waals surface area (Å²) in [5, 5.41) is 3.42. The van der Waals surface area contributed by atoms with Crippen LogP contribution in [0.3, 0.4) is 0 Å². The Labute approximate surface area is 129 Å². The summed E-state index contributed by atoms with van der Waals surface area (Å²) in [7, 11) is 0.801. The van der Waals surface area contributed by atoms with Gasteiger partial charge in [-0.25, -0.2) is 0 Å². The molecule has 0 atom stereocenters. The molecule has 0 aliphatic heterocycles. The van der Waals surface area contributed by atoms with E-state index in [4.69, 9.17) is 0 Å². The SMILES string of the molecule is CC1CCC([S+](C2CCCCC2)C2CCCCC2)CC1. The van der Waals surface area contributed by atoms with Crippen molar-refractivity contribution in [2.45, 2.75) is 113 Å². The monoisotopic (exact) mass is 295 g/mol. The maximum atomic E-state index is 2.48. The van der Waals surface area contributed by atoms with Crippen LogP contribution < -0.4 is 0 Å². The second kappa shape index (κ2) is 7.56. The molecule has 0 aromatic rings. The van der Waals surface area contributed by atoms with Crippen LogP contribution in [0.25, 0.3) is 0 Å². The van der Waals surface area contributed by atoms with Gasteiger partial charge in [0.25, 0.3) is 0 Å². The quantitative estimate of drug-likeness (QED) is 0.573. The lowest BCUT2D eigenvalue weighted by Crippen LogP contribution is -2.44. The first-order chi connectivity index (χ1) is 9.84. The lowest BCUT2D eigenvalue weighted by Gasteiger charge is -2.37. The number of hydrogen-bond donors (Lipinski definition) is 0. The summed E-state index contributed by atoms with van der Waals surface area (Å²) in [5.74, 6) is 1.02. The topological polar surface area (TPSA) is 0 Å². The highest BCUT2D eigenvalue weighted by Crippen LogP contribution is 2.41. The van der Waals surface area contributed by atoms with Gasteiger partial charge in [-0.1, -0.05) is 19.8 Å². The highest BCUT2D eigenvalue weighted by atomic mass is 32.2. The molecule has 3 aliphatic rings. The third kappa shape index (κ3) is 3.76. The van der Waals surface area contributed by atoms with Crippen LogP contribution in [-0.4, -0.2) is 15.7 Å². The molecule has 0 aromatic carbocycles. The zero-order valence-electron chi connectivity index (χ0n) is 13.6. The van der Waals surface area contributed by atoms with Crippen LogP contribution in [0.2, 0.25) is 0 Å². The molecule has 0 N–H and O–H groups in total. The van der Waals surface area contributed by atoms with E-state index in [0.29, 0.717) is 0 Å². The van der Waals surface area contributed by atoms with Gasteiger partial charge in [-0.2, -0.15) is 0 Å². The maximum absolute atomic E-state index is 2.48. The summed E-state index contributed by atoms with van der Waals surface area (Å²) in [6, 6.07) is 0. The van der Waals surface area contributed by atoms with Crippen molar-refractivity contribution in [1.82, 2.24) is 0 Å². The summed E-state index contributed by atoms with van der Waals surface area (Å²) in [5.41, 5.74) is 0. The van der Waals surface area contributed by atoms with E-state index in [1.165, 1.54) is 25.7 Å². The third-order valence-corrected chi connectivity index (χ3v) is 9.95. The first kappa shape index (κ1) is 15.3. The van der Waals surface area contributed by atoms with E-state index in [0.717, 1.165) is 32.6 Å². The molecule has 0 bridgehead atoms. The second-order valence-corrected chi connectivity index (χ2v) is 10.6. The summed E-state index contributed by atoms with van der Waals surface area (Å²) >= 11 is 0. The molecular formula is C19H35S+. The summed E-state index contributed by atoms with van der Waals surface area (Å²) in [4.78, 5) is 0. The average molecular weight is 296 g/mol. The Balaban J connectivity index is 1.68. The Morgan fingerprint density at radius 2 is 0.900 bits per heavy atom. The minimum absolute atomic E-state index is 0.801. The van der Waals surface area contributed by atoms with E-state index in [1.54, 1.807) is 64.2 Å². The molecular weight excluding hydrogens is 260 g/mol. The van der Waals surface area contributed by atoms with Crippen molar-refractivity contribution in [3.8, 4) is 0 Å². The van der Waals surface area contributed by atoms with Gasteiger partial charge >= 0.3 is 0 Å². The van der Waals surface area contributed by atoms with Crippen molar-refractivity contribution >= 4 is 10.9 Å². The van der Waals surface area contributed by atoms with Gasteiger partial charge < -0.3 is 0 Å². The van der Waals surface area contributed by atoms with Crippen LogP contribution in [0.5, 0.6) is 0 Å². The largest absolute Gasteiger partial charge is 0.118 e. The predicted molar refractivity (Wildman–Crippen MR) is 92.5 cm³/mol. The minimum atomic E-state index is 0.801. The van der Waals surface area contributed by atoms with Crippen LogP contribution >= 0.6 is 0 Å². The normalized spacial score (nSPS) is 34.5. The fourth-order valence-corrected chi connectivity index (χ4v) is 9.20. The minimum Gasteiger partial charge on any atom is -0.0625 e. The van der Waals surface area contributed by atoms with Crippen LogP contribution in [0.15, 0.2) is 0 Å². The maximum Gasteiger partial charge on any atom is 0.118 e. The van der Waals surface area contributed by atoms with Crippen LogP contribution in [0.4, 0.5) is 0 Å². The van der Waals surface area contributed by atoms with Crippen molar-refractivity contribution in [1.29, 1.82) is 0 Å². The van der Waals surface area contributed by atoms with Crippen molar-refractivity contribution in [3.05, 3.63) is 0 Å². The highest BCUT2D eigenvalue weighted by molar-refractivity contribution is 7.98. The van der Waals surface area contributed by atoms with Gasteiger partial charge in [0.15, 0.2) is 0 Å². The smallest absolute Gasteiger partial charge is 0.0625 e. The fraction of sp³-hybridized carbons (Fsp3) is 1.00. The molecule has 0 amide bonds. The molecule has 116 valence electrons. The molecule has 3 rings (SSSR count). The van der Waals surface area contributed by atoms with Crippen molar-refractivity contribution in [2.75, 3.05) is 0 Å². The van der Waals surface area contributed by atoms with E-state index in [2.05, 4.69) is 6.92 Å². The van der Waals surface area contributed by atoms with Crippen molar-refractivity contribution in [2.24, 2.45) is 5.92 Å². The standard InChI is InChI=1S/C19H35S/c1-16-12-14-19(15-13-16)20(17-8-4-2-5-9-17)18-10-6-3-7-11-18/h16-19H,2-15H2,1H3/q+1. The van der Waals surface area contributed by atoms with E-state index in [9.17, 15) is 0 Å². The Hall–Kier alpha value is 0.350. The predicted octanol–water partition coefficient (Wildman–Crippen LogP) is 5.85. The summed E-state index contributed by atoms with van der Waals surface area (Å²) in [6.45, 7) is 2.48.